The van der Waals surface area contributed by atoms with Gasteiger partial charge in [-0.1, -0.05) is 24.6 Å². The molecule has 2 unspecified atom stereocenters. The minimum atomic E-state index is 0.532. The maximum absolute atomic E-state index is 5.45. The number of piperidine rings is 1. The van der Waals surface area contributed by atoms with Gasteiger partial charge < -0.3 is 15.0 Å². The minimum Gasteiger partial charge on any atom is -0.496 e. The predicted octanol–water partition coefficient (Wildman–Crippen LogP) is 3.09. The molecule has 1 fully saturated rings. The number of nitrogens with one attached hydrogen (secondary N) is 1. The predicted molar refractivity (Wildman–Crippen MR) is 89.0 cm³/mol. The first kappa shape index (κ1) is 16.3. The molecule has 3 heteroatoms. The van der Waals surface area contributed by atoms with Crippen molar-refractivity contribution in [3.8, 4) is 5.75 Å². The summed E-state index contributed by atoms with van der Waals surface area (Å²) in [6.07, 6.45) is 6.37. The quantitative estimate of drug-likeness (QED) is 0.835. The van der Waals surface area contributed by atoms with Gasteiger partial charge in [0, 0.05) is 12.1 Å². The highest BCUT2D eigenvalue weighted by Gasteiger charge is 2.16. The van der Waals surface area contributed by atoms with Gasteiger partial charge in [0.05, 0.1) is 7.11 Å². The number of rotatable bonds is 7. The molecular formula is C18H30N2O. The molecule has 0 bridgehead atoms. The molecule has 0 radical (unpaired) electrons. The number of hydrogen-bond acceptors (Lipinski definition) is 3. The number of likely N-dealkylation sites (N-methyl/N-ethyl adjacent to an activating group) is 1. The van der Waals surface area contributed by atoms with Crippen LogP contribution in [0.25, 0.3) is 0 Å². The van der Waals surface area contributed by atoms with Crippen molar-refractivity contribution < 1.29 is 4.74 Å². The Kier molecular flexibility index (Phi) is 6.52. The number of para-hydroxylation sites is 1. The fourth-order valence-corrected chi connectivity index (χ4v) is 3.10. The van der Waals surface area contributed by atoms with Crippen LogP contribution in [-0.4, -0.2) is 44.2 Å². The Labute approximate surface area is 129 Å². The summed E-state index contributed by atoms with van der Waals surface area (Å²) < 4.78 is 5.45. The van der Waals surface area contributed by atoms with Gasteiger partial charge in [0.15, 0.2) is 0 Å². The van der Waals surface area contributed by atoms with E-state index in [1.807, 2.05) is 12.1 Å². The van der Waals surface area contributed by atoms with Crippen molar-refractivity contribution in [3.63, 3.8) is 0 Å². The van der Waals surface area contributed by atoms with Crippen LogP contribution in [0.15, 0.2) is 24.3 Å². The fourth-order valence-electron chi connectivity index (χ4n) is 3.10. The van der Waals surface area contributed by atoms with Gasteiger partial charge in [0.2, 0.25) is 0 Å². The molecule has 0 aromatic heterocycles. The first-order valence-electron chi connectivity index (χ1n) is 8.26. The zero-order valence-electron chi connectivity index (χ0n) is 13.8. The molecule has 1 saturated heterocycles. The molecule has 1 aromatic carbocycles. The maximum atomic E-state index is 5.45. The molecule has 1 aliphatic heterocycles. The largest absolute Gasteiger partial charge is 0.496 e. The lowest BCUT2D eigenvalue weighted by molar-refractivity contribution is 0.231. The van der Waals surface area contributed by atoms with Crippen molar-refractivity contribution in [1.82, 2.24) is 10.2 Å². The third-order valence-electron chi connectivity index (χ3n) is 4.70. The molecule has 2 atom stereocenters. The van der Waals surface area contributed by atoms with E-state index in [9.17, 15) is 0 Å². The van der Waals surface area contributed by atoms with E-state index in [-0.39, 0.29) is 0 Å². The van der Waals surface area contributed by atoms with Crippen molar-refractivity contribution in [1.29, 1.82) is 0 Å². The summed E-state index contributed by atoms with van der Waals surface area (Å²) in [7, 11) is 3.99. The molecule has 1 N–H and O–H groups in total. The monoisotopic (exact) mass is 290 g/mol. The van der Waals surface area contributed by atoms with Crippen LogP contribution in [0, 0.1) is 0 Å². The zero-order valence-corrected chi connectivity index (χ0v) is 13.8. The Hall–Kier alpha value is -1.06. The van der Waals surface area contributed by atoms with E-state index in [1.54, 1.807) is 7.11 Å². The van der Waals surface area contributed by atoms with Gasteiger partial charge in [-0.25, -0.2) is 0 Å². The van der Waals surface area contributed by atoms with E-state index < -0.39 is 0 Å². The highest BCUT2D eigenvalue weighted by molar-refractivity contribution is 5.33. The van der Waals surface area contributed by atoms with Crippen LogP contribution in [0.4, 0.5) is 0 Å². The van der Waals surface area contributed by atoms with Gasteiger partial charge >= 0.3 is 0 Å². The molecule has 0 spiro atoms. The minimum absolute atomic E-state index is 0.532. The molecule has 21 heavy (non-hydrogen) atoms. The molecule has 3 nitrogen and oxygen atoms in total. The molecule has 1 aromatic rings. The molecule has 1 heterocycles. The summed E-state index contributed by atoms with van der Waals surface area (Å²) >= 11 is 0. The van der Waals surface area contributed by atoms with E-state index in [0.717, 1.165) is 24.8 Å². The number of hydrogen-bond donors (Lipinski definition) is 1. The lowest BCUT2D eigenvalue weighted by Crippen LogP contribution is -2.39. The molecular weight excluding hydrogens is 260 g/mol. The number of methoxy groups -OCH3 is 1. The number of benzene rings is 1. The molecule has 0 saturated carbocycles. The maximum Gasteiger partial charge on any atom is 0.122 e. The Bertz CT molecular complexity index is 415. The second kappa shape index (κ2) is 8.40. The van der Waals surface area contributed by atoms with E-state index in [0.29, 0.717) is 6.04 Å². The highest BCUT2D eigenvalue weighted by Crippen LogP contribution is 2.20. The van der Waals surface area contributed by atoms with Crippen molar-refractivity contribution in [2.75, 3.05) is 27.2 Å². The van der Waals surface area contributed by atoms with Crippen LogP contribution >= 0.6 is 0 Å². The van der Waals surface area contributed by atoms with Gasteiger partial charge in [-0.15, -0.1) is 0 Å². The first-order valence-corrected chi connectivity index (χ1v) is 8.26. The highest BCUT2D eigenvalue weighted by atomic mass is 16.5. The Morgan fingerprint density at radius 3 is 2.86 bits per heavy atom. The lowest BCUT2D eigenvalue weighted by Gasteiger charge is -2.29. The summed E-state index contributed by atoms with van der Waals surface area (Å²) in [4.78, 5) is 2.47. The number of ether oxygens (including phenoxy) is 1. The summed E-state index contributed by atoms with van der Waals surface area (Å²) in [6, 6.07) is 9.60. The Morgan fingerprint density at radius 2 is 2.14 bits per heavy atom. The average molecular weight is 290 g/mol. The standard InChI is InChI=1S/C18H30N2O/c1-15(14-16-8-4-5-10-18(16)21-3)20(2)13-11-17-9-6-7-12-19-17/h4-5,8,10,15,17,19H,6-7,9,11-14H2,1-3H3. The third-order valence-corrected chi connectivity index (χ3v) is 4.70. The van der Waals surface area contributed by atoms with Gasteiger partial charge in [-0.3, -0.25) is 0 Å². The van der Waals surface area contributed by atoms with Crippen molar-refractivity contribution in [2.24, 2.45) is 0 Å². The van der Waals surface area contributed by atoms with Crippen LogP contribution in [0.3, 0.4) is 0 Å². The second-order valence-electron chi connectivity index (χ2n) is 6.28. The van der Waals surface area contributed by atoms with E-state index in [1.165, 1.54) is 37.8 Å². The van der Waals surface area contributed by atoms with Crippen LogP contribution in [0.2, 0.25) is 0 Å². The van der Waals surface area contributed by atoms with Gasteiger partial charge in [-0.2, -0.15) is 0 Å². The van der Waals surface area contributed by atoms with E-state index >= 15 is 0 Å². The molecule has 2 rings (SSSR count). The lowest BCUT2D eigenvalue weighted by atomic mass is 10.0. The summed E-state index contributed by atoms with van der Waals surface area (Å²) in [5.74, 6) is 1.01. The fraction of sp³-hybridized carbons (Fsp3) is 0.667. The SMILES string of the molecule is COc1ccccc1CC(C)N(C)CCC1CCCCN1. The Morgan fingerprint density at radius 1 is 1.33 bits per heavy atom. The van der Waals surface area contributed by atoms with Gasteiger partial charge in [0.25, 0.3) is 0 Å². The van der Waals surface area contributed by atoms with Crippen LogP contribution < -0.4 is 10.1 Å². The van der Waals surface area contributed by atoms with Crippen LogP contribution in [-0.2, 0) is 6.42 Å². The van der Waals surface area contributed by atoms with E-state index in [4.69, 9.17) is 4.74 Å². The number of nitrogens with zero attached hydrogens (tertiary/aromatic N) is 1. The molecule has 0 amide bonds. The topological polar surface area (TPSA) is 24.5 Å². The van der Waals surface area contributed by atoms with Crippen molar-refractivity contribution in [2.45, 2.75) is 51.1 Å². The molecule has 1 aliphatic rings. The second-order valence-corrected chi connectivity index (χ2v) is 6.28. The normalized spacial score (nSPS) is 20.5. The van der Waals surface area contributed by atoms with Crippen LogP contribution in [0.5, 0.6) is 5.75 Å². The van der Waals surface area contributed by atoms with Crippen molar-refractivity contribution >= 4 is 0 Å². The smallest absolute Gasteiger partial charge is 0.122 e. The molecule has 118 valence electrons. The summed E-state index contributed by atoms with van der Waals surface area (Å²) in [5.41, 5.74) is 1.30. The summed E-state index contributed by atoms with van der Waals surface area (Å²) in [5, 5.41) is 3.63. The van der Waals surface area contributed by atoms with E-state index in [2.05, 4.69) is 36.3 Å². The average Bonchev–Trinajstić information content (AvgIpc) is 2.54. The van der Waals surface area contributed by atoms with Gasteiger partial charge in [0.1, 0.15) is 5.75 Å². The zero-order chi connectivity index (χ0) is 15.1. The summed E-state index contributed by atoms with van der Waals surface area (Å²) in [6.45, 7) is 4.67. The third kappa shape index (κ3) is 5.01. The van der Waals surface area contributed by atoms with Gasteiger partial charge in [-0.05, 0) is 64.4 Å². The first-order chi connectivity index (χ1) is 10.2. The Balaban J connectivity index is 1.80. The van der Waals surface area contributed by atoms with Crippen LogP contribution in [0.1, 0.15) is 38.2 Å². The molecule has 0 aliphatic carbocycles. The van der Waals surface area contributed by atoms with Crippen molar-refractivity contribution in [3.05, 3.63) is 29.8 Å².